The molecule has 0 saturated heterocycles. The van der Waals surface area contributed by atoms with E-state index in [1.807, 2.05) is 29.0 Å². The number of thiophene rings is 1. The number of hydrogen-bond donors (Lipinski definition) is 1. The first-order chi connectivity index (χ1) is 12.0. The Balaban J connectivity index is 1.74. The quantitative estimate of drug-likeness (QED) is 0.424. The number of esters is 1. The van der Waals surface area contributed by atoms with Crippen molar-refractivity contribution in [3.05, 3.63) is 57.8 Å². The van der Waals surface area contributed by atoms with Crippen LogP contribution in [0.4, 0.5) is 0 Å². The van der Waals surface area contributed by atoms with Crippen molar-refractivity contribution < 1.29 is 19.1 Å². The summed E-state index contributed by atoms with van der Waals surface area (Å²) in [5.74, 6) is -0.653. The molecule has 1 aromatic heterocycles. The van der Waals surface area contributed by atoms with Gasteiger partial charge in [0.15, 0.2) is 12.4 Å². The highest BCUT2D eigenvalue weighted by molar-refractivity contribution is 7.07. The second-order valence-corrected chi connectivity index (χ2v) is 6.46. The zero-order valence-corrected chi connectivity index (χ0v) is 14.9. The van der Waals surface area contributed by atoms with E-state index in [1.54, 1.807) is 12.1 Å². The lowest BCUT2D eigenvalue weighted by Crippen LogP contribution is -2.21. The lowest BCUT2D eigenvalue weighted by atomic mass is 10.1. The van der Waals surface area contributed by atoms with Gasteiger partial charge < -0.3 is 10.1 Å². The maximum atomic E-state index is 12.1. The highest BCUT2D eigenvalue weighted by Gasteiger charge is 2.11. The molecule has 0 fully saturated rings. The number of carbonyl (C=O) groups is 3. The fourth-order valence-electron chi connectivity index (χ4n) is 2.25. The lowest BCUT2D eigenvalue weighted by molar-refractivity contribution is -0.141. The molecule has 0 aliphatic rings. The van der Waals surface area contributed by atoms with Gasteiger partial charge in [-0.05, 0) is 40.8 Å². The van der Waals surface area contributed by atoms with Gasteiger partial charge in [0.2, 0.25) is 5.91 Å². The molecule has 1 N–H and O–H groups in total. The van der Waals surface area contributed by atoms with E-state index >= 15 is 0 Å². The van der Waals surface area contributed by atoms with Crippen molar-refractivity contribution in [2.45, 2.75) is 26.2 Å². The second-order valence-electron chi connectivity index (χ2n) is 5.68. The minimum Gasteiger partial charge on any atom is -0.457 e. The maximum Gasteiger partial charge on any atom is 0.310 e. The van der Waals surface area contributed by atoms with Crippen LogP contribution in [-0.2, 0) is 27.2 Å². The number of ether oxygens (including phenoxy) is 1. The summed E-state index contributed by atoms with van der Waals surface area (Å²) in [5, 5.41) is 6.52. The average molecular weight is 359 g/mol. The number of nitrogens with one attached hydrogen (secondary N) is 1. The molecule has 0 bridgehead atoms. The van der Waals surface area contributed by atoms with E-state index < -0.39 is 5.97 Å². The summed E-state index contributed by atoms with van der Waals surface area (Å²) in [6, 6.07) is 9.10. The first-order valence-electron chi connectivity index (χ1n) is 8.08. The molecule has 1 aromatic carbocycles. The molecule has 0 aliphatic heterocycles. The van der Waals surface area contributed by atoms with Crippen molar-refractivity contribution in [1.82, 2.24) is 5.32 Å². The van der Waals surface area contributed by atoms with Crippen molar-refractivity contribution in [1.29, 1.82) is 0 Å². The molecular formula is C19H21NO4S. The third-order valence-electron chi connectivity index (χ3n) is 3.58. The van der Waals surface area contributed by atoms with Crippen molar-refractivity contribution in [2.75, 3.05) is 13.2 Å². The zero-order valence-electron chi connectivity index (χ0n) is 14.1. The number of rotatable bonds is 9. The highest BCUT2D eigenvalue weighted by atomic mass is 32.1. The molecule has 25 heavy (non-hydrogen) atoms. The van der Waals surface area contributed by atoms with Crippen LogP contribution in [0.25, 0.3) is 0 Å². The Kier molecular flexibility index (Phi) is 7.35. The van der Waals surface area contributed by atoms with Crippen LogP contribution in [0.15, 0.2) is 41.1 Å². The Bertz CT molecular complexity index is 708. The predicted octanol–water partition coefficient (Wildman–Crippen LogP) is 2.79. The molecule has 0 spiro atoms. The highest BCUT2D eigenvalue weighted by Crippen LogP contribution is 2.09. The van der Waals surface area contributed by atoms with E-state index in [0.717, 1.165) is 24.0 Å². The first-order valence-corrected chi connectivity index (χ1v) is 9.02. The van der Waals surface area contributed by atoms with Crippen molar-refractivity contribution in [3.8, 4) is 0 Å². The van der Waals surface area contributed by atoms with E-state index in [1.165, 1.54) is 18.3 Å². The van der Waals surface area contributed by atoms with Gasteiger partial charge in [0.25, 0.3) is 0 Å². The van der Waals surface area contributed by atoms with Crippen LogP contribution in [0.1, 0.15) is 34.8 Å². The molecule has 0 saturated carbocycles. The third-order valence-corrected chi connectivity index (χ3v) is 4.32. The average Bonchev–Trinajstić information content (AvgIpc) is 3.10. The smallest absolute Gasteiger partial charge is 0.310 e. The summed E-state index contributed by atoms with van der Waals surface area (Å²) in [6.07, 6.45) is 1.85. The van der Waals surface area contributed by atoms with E-state index in [9.17, 15) is 14.4 Å². The molecule has 0 atom stereocenters. The number of aryl methyl sites for hydroxylation is 1. The minimum atomic E-state index is -0.402. The minimum absolute atomic E-state index is 0.0329. The van der Waals surface area contributed by atoms with Crippen LogP contribution in [-0.4, -0.2) is 30.8 Å². The van der Waals surface area contributed by atoms with Crippen molar-refractivity contribution >= 4 is 29.0 Å². The summed E-state index contributed by atoms with van der Waals surface area (Å²) in [4.78, 5) is 34.6. The second kappa shape index (κ2) is 9.74. The van der Waals surface area contributed by atoms with Crippen LogP contribution in [0.3, 0.4) is 0 Å². The summed E-state index contributed by atoms with van der Waals surface area (Å²) in [7, 11) is 0. The lowest BCUT2D eigenvalue weighted by Gasteiger charge is -2.06. The third kappa shape index (κ3) is 6.89. The van der Waals surface area contributed by atoms with Gasteiger partial charge in [-0.15, -0.1) is 0 Å². The molecule has 0 unspecified atom stereocenters. The van der Waals surface area contributed by atoms with Crippen molar-refractivity contribution in [2.24, 2.45) is 0 Å². The van der Waals surface area contributed by atoms with Gasteiger partial charge in [-0.2, -0.15) is 11.3 Å². The van der Waals surface area contributed by atoms with Gasteiger partial charge in [0.1, 0.15) is 0 Å². The van der Waals surface area contributed by atoms with E-state index in [4.69, 9.17) is 4.74 Å². The summed E-state index contributed by atoms with van der Waals surface area (Å²) in [6.45, 7) is 1.88. The summed E-state index contributed by atoms with van der Waals surface area (Å²) < 4.78 is 5.04. The van der Waals surface area contributed by atoms with Gasteiger partial charge in [-0.1, -0.05) is 24.3 Å². The Morgan fingerprint density at radius 1 is 1.08 bits per heavy atom. The van der Waals surface area contributed by atoms with Gasteiger partial charge >= 0.3 is 5.97 Å². The molecule has 2 rings (SSSR count). The zero-order chi connectivity index (χ0) is 18.1. The molecule has 6 heteroatoms. The normalized spacial score (nSPS) is 10.3. The van der Waals surface area contributed by atoms with E-state index in [0.29, 0.717) is 12.1 Å². The SMILES string of the molecule is CC(=O)NCCCc1ccc(C(=O)COC(=O)Cc2ccsc2)cc1. The molecule has 1 amide bonds. The van der Waals surface area contributed by atoms with E-state index in [-0.39, 0.29) is 24.7 Å². The maximum absolute atomic E-state index is 12.1. The standard InChI is InChI=1S/C19H21NO4S/c1-14(21)20-9-2-3-15-4-6-17(7-5-15)18(22)12-24-19(23)11-16-8-10-25-13-16/h4-8,10,13H,2-3,9,11-12H2,1H3,(H,20,21). The monoisotopic (exact) mass is 359 g/mol. The number of ketones is 1. The Labute approximate surface area is 151 Å². The molecule has 5 nitrogen and oxygen atoms in total. The number of carbonyl (C=O) groups excluding carboxylic acids is 3. The van der Waals surface area contributed by atoms with Crippen LogP contribution in [0.2, 0.25) is 0 Å². The summed E-state index contributed by atoms with van der Waals surface area (Å²) in [5.41, 5.74) is 2.51. The van der Waals surface area contributed by atoms with Gasteiger partial charge in [-0.3, -0.25) is 14.4 Å². The van der Waals surface area contributed by atoms with Gasteiger partial charge in [-0.25, -0.2) is 0 Å². The number of hydrogen-bond acceptors (Lipinski definition) is 5. The molecule has 0 radical (unpaired) electrons. The Morgan fingerprint density at radius 2 is 1.84 bits per heavy atom. The van der Waals surface area contributed by atoms with Crippen LogP contribution < -0.4 is 5.32 Å². The van der Waals surface area contributed by atoms with Crippen LogP contribution in [0, 0.1) is 0 Å². The topological polar surface area (TPSA) is 72.5 Å². The fraction of sp³-hybridized carbons (Fsp3) is 0.316. The number of amides is 1. The predicted molar refractivity (Wildman–Crippen MR) is 96.8 cm³/mol. The van der Waals surface area contributed by atoms with Gasteiger partial charge in [0.05, 0.1) is 6.42 Å². The molecule has 2 aromatic rings. The fourth-order valence-corrected chi connectivity index (χ4v) is 2.92. The Morgan fingerprint density at radius 3 is 2.48 bits per heavy atom. The molecule has 132 valence electrons. The number of benzene rings is 1. The van der Waals surface area contributed by atoms with Crippen molar-refractivity contribution in [3.63, 3.8) is 0 Å². The Hall–Kier alpha value is -2.47. The molecule has 0 aliphatic carbocycles. The molecular weight excluding hydrogens is 338 g/mol. The molecule has 1 heterocycles. The van der Waals surface area contributed by atoms with Gasteiger partial charge in [0, 0.05) is 19.0 Å². The summed E-state index contributed by atoms with van der Waals surface area (Å²) >= 11 is 1.52. The van der Waals surface area contributed by atoms with E-state index in [2.05, 4.69) is 5.32 Å². The van der Waals surface area contributed by atoms with Crippen LogP contribution >= 0.6 is 11.3 Å². The first kappa shape index (κ1) is 18.9. The number of Topliss-reactive ketones (excluding diaryl/α,β-unsaturated/α-hetero) is 1. The largest absolute Gasteiger partial charge is 0.457 e. The van der Waals surface area contributed by atoms with Crippen LogP contribution in [0.5, 0.6) is 0 Å².